The van der Waals surface area contributed by atoms with Crippen molar-refractivity contribution in [3.63, 3.8) is 0 Å². The van der Waals surface area contributed by atoms with Gasteiger partial charge in [0.1, 0.15) is 0 Å². The number of nitrogens with one attached hydrogen (secondary N) is 1. The highest BCUT2D eigenvalue weighted by atomic mass is 35.5. The molecule has 1 saturated heterocycles. The lowest BCUT2D eigenvalue weighted by Crippen LogP contribution is -2.37. The molecular formula is C15H24ClN3O3S. The highest BCUT2D eigenvalue weighted by Gasteiger charge is 2.25. The molecule has 1 atom stereocenters. The molecule has 0 aliphatic carbocycles. The first kappa shape index (κ1) is 19.9. The molecule has 0 radical (unpaired) electrons. The predicted octanol–water partition coefficient (Wildman–Crippen LogP) is 1.25. The Balaban J connectivity index is 0.00000264. The minimum Gasteiger partial charge on any atom is -0.351 e. The van der Waals surface area contributed by atoms with Crippen LogP contribution < -0.4 is 11.1 Å². The lowest BCUT2D eigenvalue weighted by molar-refractivity contribution is -0.122. The summed E-state index contributed by atoms with van der Waals surface area (Å²) in [6.45, 7) is 3.14. The van der Waals surface area contributed by atoms with Crippen LogP contribution in [0.25, 0.3) is 0 Å². The van der Waals surface area contributed by atoms with Crippen LogP contribution >= 0.6 is 12.4 Å². The van der Waals surface area contributed by atoms with E-state index in [2.05, 4.69) is 5.32 Å². The third-order valence-corrected chi connectivity index (χ3v) is 5.67. The number of carbonyl (C=O) groups excluding carboxylic acids is 1. The van der Waals surface area contributed by atoms with Crippen LogP contribution in [0.5, 0.6) is 0 Å². The number of sulfonamides is 1. The second kappa shape index (κ2) is 8.63. The number of halogens is 1. The van der Waals surface area contributed by atoms with Crippen molar-refractivity contribution in [3.05, 3.63) is 29.8 Å². The maximum atomic E-state index is 12.5. The molecule has 1 aliphatic rings. The number of amides is 1. The highest BCUT2D eigenvalue weighted by Crippen LogP contribution is 2.20. The summed E-state index contributed by atoms with van der Waals surface area (Å²) in [5, 5.41) is 2.70. The van der Waals surface area contributed by atoms with Crippen molar-refractivity contribution in [2.24, 2.45) is 5.73 Å². The van der Waals surface area contributed by atoms with Gasteiger partial charge in [0.2, 0.25) is 15.9 Å². The zero-order chi connectivity index (χ0) is 16.2. The first-order valence-corrected chi connectivity index (χ1v) is 8.97. The summed E-state index contributed by atoms with van der Waals surface area (Å²) in [6.07, 6.45) is 2.92. The Hall–Kier alpha value is -1.15. The molecule has 0 saturated carbocycles. The smallest absolute Gasteiger partial charge is 0.243 e. The molecule has 0 aromatic heterocycles. The number of hydrogen-bond acceptors (Lipinski definition) is 4. The van der Waals surface area contributed by atoms with Crippen molar-refractivity contribution in [1.82, 2.24) is 9.62 Å². The highest BCUT2D eigenvalue weighted by molar-refractivity contribution is 7.89. The molecule has 1 aromatic rings. The standard InChI is InChI=1S/C15H23N3O3S.ClH/c1-12(16)15(19)17-11-13-5-7-14(8-6-13)22(20,21)18-9-3-2-4-10-18;/h5-8,12H,2-4,9-11,16H2,1H3,(H,17,19);1H/t12-;/m1./s1. The summed E-state index contributed by atoms with van der Waals surface area (Å²) in [7, 11) is -3.40. The van der Waals surface area contributed by atoms with Gasteiger partial charge in [-0.05, 0) is 37.5 Å². The molecule has 130 valence electrons. The van der Waals surface area contributed by atoms with Gasteiger partial charge >= 0.3 is 0 Å². The molecule has 1 fully saturated rings. The van der Waals surface area contributed by atoms with Crippen LogP contribution in [0.15, 0.2) is 29.2 Å². The van der Waals surface area contributed by atoms with E-state index in [0.29, 0.717) is 24.5 Å². The van der Waals surface area contributed by atoms with E-state index in [4.69, 9.17) is 5.73 Å². The van der Waals surface area contributed by atoms with Gasteiger partial charge in [0.05, 0.1) is 10.9 Å². The zero-order valence-electron chi connectivity index (χ0n) is 13.2. The Morgan fingerprint density at radius 1 is 1.22 bits per heavy atom. The molecule has 0 bridgehead atoms. The number of hydrogen-bond donors (Lipinski definition) is 2. The molecule has 1 heterocycles. The quantitative estimate of drug-likeness (QED) is 0.825. The Bertz CT molecular complexity index is 611. The molecule has 0 spiro atoms. The van der Waals surface area contributed by atoms with E-state index in [9.17, 15) is 13.2 Å². The van der Waals surface area contributed by atoms with Gasteiger partial charge in [-0.2, -0.15) is 4.31 Å². The summed E-state index contributed by atoms with van der Waals surface area (Å²) < 4.78 is 26.5. The van der Waals surface area contributed by atoms with Crippen LogP contribution in [0.1, 0.15) is 31.7 Å². The fourth-order valence-corrected chi connectivity index (χ4v) is 3.90. The maximum absolute atomic E-state index is 12.5. The van der Waals surface area contributed by atoms with Crippen LogP contribution in [0.2, 0.25) is 0 Å². The second-order valence-corrected chi connectivity index (χ2v) is 7.55. The van der Waals surface area contributed by atoms with E-state index in [0.717, 1.165) is 24.8 Å². The number of nitrogens with zero attached hydrogens (tertiary/aromatic N) is 1. The van der Waals surface area contributed by atoms with Gasteiger partial charge in [-0.1, -0.05) is 18.6 Å². The maximum Gasteiger partial charge on any atom is 0.243 e. The lowest BCUT2D eigenvalue weighted by atomic mass is 10.2. The van der Waals surface area contributed by atoms with E-state index >= 15 is 0 Å². The molecule has 3 N–H and O–H groups in total. The van der Waals surface area contributed by atoms with Crippen molar-refractivity contribution in [2.45, 2.75) is 43.7 Å². The van der Waals surface area contributed by atoms with Crippen LogP contribution in [-0.4, -0.2) is 37.8 Å². The van der Waals surface area contributed by atoms with Gasteiger partial charge in [0, 0.05) is 19.6 Å². The van der Waals surface area contributed by atoms with Crippen LogP contribution in [0.4, 0.5) is 0 Å². The van der Waals surface area contributed by atoms with Gasteiger partial charge in [-0.3, -0.25) is 4.79 Å². The van der Waals surface area contributed by atoms with E-state index < -0.39 is 16.1 Å². The molecular weight excluding hydrogens is 338 g/mol. The van der Waals surface area contributed by atoms with Gasteiger partial charge in [-0.25, -0.2) is 8.42 Å². The first-order valence-electron chi connectivity index (χ1n) is 7.53. The topological polar surface area (TPSA) is 92.5 Å². The predicted molar refractivity (Wildman–Crippen MR) is 91.8 cm³/mol. The van der Waals surface area contributed by atoms with Crippen molar-refractivity contribution in [3.8, 4) is 0 Å². The normalized spacial score (nSPS) is 17.1. The summed E-state index contributed by atoms with van der Waals surface area (Å²) in [5.74, 6) is -0.231. The molecule has 1 aromatic carbocycles. The molecule has 1 amide bonds. The van der Waals surface area contributed by atoms with E-state index in [1.807, 2.05) is 0 Å². The molecule has 1 aliphatic heterocycles. The van der Waals surface area contributed by atoms with E-state index in [1.165, 1.54) is 0 Å². The Morgan fingerprint density at radius 3 is 2.30 bits per heavy atom. The van der Waals surface area contributed by atoms with Crippen molar-refractivity contribution < 1.29 is 13.2 Å². The SMILES string of the molecule is C[C@@H](N)C(=O)NCc1ccc(S(=O)(=O)N2CCCCC2)cc1.Cl. The summed E-state index contributed by atoms with van der Waals surface area (Å²) >= 11 is 0. The number of piperidine rings is 1. The number of rotatable bonds is 5. The van der Waals surface area contributed by atoms with E-state index in [1.54, 1.807) is 35.5 Å². The average Bonchev–Trinajstić information content (AvgIpc) is 2.53. The minimum absolute atomic E-state index is 0. The number of carbonyl (C=O) groups is 1. The Labute approximate surface area is 143 Å². The monoisotopic (exact) mass is 361 g/mol. The van der Waals surface area contributed by atoms with Crippen LogP contribution in [-0.2, 0) is 21.4 Å². The molecule has 23 heavy (non-hydrogen) atoms. The fraction of sp³-hybridized carbons (Fsp3) is 0.533. The van der Waals surface area contributed by atoms with Crippen LogP contribution in [0.3, 0.4) is 0 Å². The summed E-state index contributed by atoms with van der Waals surface area (Å²) in [4.78, 5) is 11.7. The minimum atomic E-state index is -3.40. The van der Waals surface area contributed by atoms with Gasteiger partial charge < -0.3 is 11.1 Å². The molecule has 0 unspecified atom stereocenters. The van der Waals surface area contributed by atoms with Crippen molar-refractivity contribution in [2.75, 3.05) is 13.1 Å². The van der Waals surface area contributed by atoms with Crippen molar-refractivity contribution in [1.29, 1.82) is 0 Å². The average molecular weight is 362 g/mol. The molecule has 6 nitrogen and oxygen atoms in total. The second-order valence-electron chi connectivity index (χ2n) is 5.62. The fourth-order valence-electron chi connectivity index (χ4n) is 2.38. The van der Waals surface area contributed by atoms with Gasteiger partial charge in [0.25, 0.3) is 0 Å². The van der Waals surface area contributed by atoms with Crippen molar-refractivity contribution >= 4 is 28.3 Å². The number of benzene rings is 1. The Kier molecular flexibility index (Phi) is 7.47. The van der Waals surface area contributed by atoms with Crippen LogP contribution in [0, 0.1) is 0 Å². The zero-order valence-corrected chi connectivity index (χ0v) is 14.8. The largest absolute Gasteiger partial charge is 0.351 e. The first-order chi connectivity index (χ1) is 10.4. The lowest BCUT2D eigenvalue weighted by Gasteiger charge is -2.25. The molecule has 2 rings (SSSR count). The third kappa shape index (κ3) is 5.17. The molecule has 8 heteroatoms. The number of nitrogens with two attached hydrogens (primary N) is 1. The van der Waals surface area contributed by atoms with Gasteiger partial charge in [-0.15, -0.1) is 12.4 Å². The van der Waals surface area contributed by atoms with Gasteiger partial charge in [0.15, 0.2) is 0 Å². The Morgan fingerprint density at radius 2 is 1.78 bits per heavy atom. The summed E-state index contributed by atoms with van der Waals surface area (Å²) in [6, 6.07) is 6.07. The summed E-state index contributed by atoms with van der Waals surface area (Å²) in [5.41, 5.74) is 6.31. The van der Waals surface area contributed by atoms with E-state index in [-0.39, 0.29) is 18.3 Å². The third-order valence-electron chi connectivity index (χ3n) is 3.76.